The normalized spacial score (nSPS) is 20.7. The molecule has 1 atom stereocenters. The zero-order valence-electron chi connectivity index (χ0n) is 22.6. The van der Waals surface area contributed by atoms with Crippen LogP contribution in [0.15, 0.2) is 41.7 Å². The first-order chi connectivity index (χ1) is 18.1. The molecular weight excluding hydrogens is 478 g/mol. The van der Waals surface area contributed by atoms with Crippen LogP contribution in [0.2, 0.25) is 0 Å². The van der Waals surface area contributed by atoms with E-state index in [1.807, 2.05) is 45.9 Å². The molecule has 1 saturated carbocycles. The van der Waals surface area contributed by atoms with Crippen LogP contribution >= 0.6 is 0 Å². The first kappa shape index (κ1) is 25.9. The highest BCUT2D eigenvalue weighted by molar-refractivity contribution is 5.90. The van der Waals surface area contributed by atoms with Gasteiger partial charge in [0.25, 0.3) is 5.78 Å². The summed E-state index contributed by atoms with van der Waals surface area (Å²) in [6.07, 6.45) is 5.96. The van der Waals surface area contributed by atoms with Gasteiger partial charge in [0.1, 0.15) is 11.4 Å². The van der Waals surface area contributed by atoms with Crippen LogP contribution in [-0.4, -0.2) is 36.3 Å². The topological polar surface area (TPSA) is 113 Å². The van der Waals surface area contributed by atoms with Gasteiger partial charge in [-0.15, -0.1) is 5.10 Å². The standard InChI is InChI=1S/C30H35N5O3/c1-19-15-20(2)35-28(32-19)33-26(34-35)16-24-25(36)17-30(38-27(24)37,23-7-5-6-8-23)14-13-21-9-11-22(12-10-21)29(3,4)18-31/h9-12,15,23,36H,5-8,13-14,16-17H2,1-4H3/t30-/m0/s1. The lowest BCUT2D eigenvalue weighted by molar-refractivity contribution is -0.167. The van der Waals surface area contributed by atoms with Crippen LogP contribution < -0.4 is 0 Å². The van der Waals surface area contributed by atoms with E-state index in [9.17, 15) is 15.2 Å². The fraction of sp³-hybridized carbons (Fsp3) is 0.500. The average Bonchev–Trinajstić information content (AvgIpc) is 3.56. The van der Waals surface area contributed by atoms with Crippen LogP contribution in [0.4, 0.5) is 0 Å². The van der Waals surface area contributed by atoms with Crippen molar-refractivity contribution in [3.63, 3.8) is 0 Å². The summed E-state index contributed by atoms with van der Waals surface area (Å²) in [6.45, 7) is 7.65. The molecule has 38 heavy (non-hydrogen) atoms. The Hall–Kier alpha value is -3.73. The minimum absolute atomic E-state index is 0.0824. The smallest absolute Gasteiger partial charge is 0.338 e. The van der Waals surface area contributed by atoms with Crippen molar-refractivity contribution in [1.29, 1.82) is 5.26 Å². The second-order valence-corrected chi connectivity index (χ2v) is 11.4. The summed E-state index contributed by atoms with van der Waals surface area (Å²) in [5, 5.41) is 25.1. The van der Waals surface area contributed by atoms with Crippen molar-refractivity contribution in [3.8, 4) is 6.07 Å². The van der Waals surface area contributed by atoms with Crippen LogP contribution in [0.1, 0.15) is 80.7 Å². The van der Waals surface area contributed by atoms with Crippen molar-refractivity contribution in [2.24, 2.45) is 5.92 Å². The molecule has 0 saturated heterocycles. The molecule has 8 nitrogen and oxygen atoms in total. The van der Waals surface area contributed by atoms with Crippen molar-refractivity contribution in [1.82, 2.24) is 19.6 Å². The molecule has 1 aromatic carbocycles. The lowest BCUT2D eigenvalue weighted by Gasteiger charge is -2.41. The molecule has 1 aliphatic carbocycles. The highest BCUT2D eigenvalue weighted by Gasteiger charge is 2.48. The van der Waals surface area contributed by atoms with Gasteiger partial charge in [-0.2, -0.15) is 10.2 Å². The van der Waals surface area contributed by atoms with Crippen LogP contribution in [0.25, 0.3) is 5.78 Å². The molecule has 3 aromatic rings. The van der Waals surface area contributed by atoms with Gasteiger partial charge in [-0.05, 0) is 76.5 Å². The largest absolute Gasteiger partial charge is 0.512 e. The third kappa shape index (κ3) is 4.90. The Labute approximate surface area is 223 Å². The number of esters is 1. The third-order valence-electron chi connectivity index (χ3n) is 8.25. The lowest BCUT2D eigenvalue weighted by atomic mass is 9.76. The Morgan fingerprint density at radius 2 is 1.89 bits per heavy atom. The molecule has 8 heteroatoms. The van der Waals surface area contributed by atoms with E-state index in [1.165, 1.54) is 0 Å². The van der Waals surface area contributed by atoms with Crippen molar-refractivity contribution >= 4 is 11.7 Å². The number of nitriles is 1. The molecule has 0 radical (unpaired) electrons. The summed E-state index contributed by atoms with van der Waals surface area (Å²) in [7, 11) is 0. The lowest BCUT2D eigenvalue weighted by Crippen LogP contribution is -2.46. The number of hydrogen-bond donors (Lipinski definition) is 1. The van der Waals surface area contributed by atoms with E-state index in [-0.39, 0.29) is 23.7 Å². The zero-order chi connectivity index (χ0) is 27.1. The highest BCUT2D eigenvalue weighted by Crippen LogP contribution is 2.46. The summed E-state index contributed by atoms with van der Waals surface area (Å²) in [5.74, 6) is 0.727. The van der Waals surface area contributed by atoms with Crippen molar-refractivity contribution in [3.05, 3.63) is 70.0 Å². The fourth-order valence-electron chi connectivity index (χ4n) is 5.94. The number of cyclic esters (lactones) is 1. The van der Waals surface area contributed by atoms with E-state index < -0.39 is 17.0 Å². The second-order valence-electron chi connectivity index (χ2n) is 11.4. The van der Waals surface area contributed by atoms with Gasteiger partial charge in [0, 0.05) is 24.2 Å². The molecule has 198 valence electrons. The Balaban J connectivity index is 1.38. The van der Waals surface area contributed by atoms with Crippen LogP contribution in [0.5, 0.6) is 0 Å². The first-order valence-corrected chi connectivity index (χ1v) is 13.5. The summed E-state index contributed by atoms with van der Waals surface area (Å²) in [4.78, 5) is 22.3. The predicted molar refractivity (Wildman–Crippen MR) is 142 cm³/mol. The van der Waals surface area contributed by atoms with Gasteiger partial charge in [0.2, 0.25) is 0 Å². The number of aliphatic hydroxyl groups is 1. The van der Waals surface area contributed by atoms with Gasteiger partial charge >= 0.3 is 5.97 Å². The Morgan fingerprint density at radius 3 is 2.55 bits per heavy atom. The SMILES string of the molecule is Cc1cc(C)n2nc(CC3=C(O)C[C@@](CCc4ccc(C(C)(C)C#N)cc4)(C4CCCC4)OC3=O)nc2n1. The fourth-order valence-corrected chi connectivity index (χ4v) is 5.94. The maximum Gasteiger partial charge on any atom is 0.338 e. The molecule has 0 spiro atoms. The Bertz CT molecular complexity index is 1440. The van der Waals surface area contributed by atoms with Gasteiger partial charge < -0.3 is 9.84 Å². The summed E-state index contributed by atoms with van der Waals surface area (Å²) in [6, 6.07) is 12.4. The number of rotatable bonds is 7. The first-order valence-electron chi connectivity index (χ1n) is 13.5. The molecule has 3 heterocycles. The maximum absolute atomic E-state index is 13.4. The van der Waals surface area contributed by atoms with Crippen LogP contribution in [0, 0.1) is 31.1 Å². The molecule has 1 aliphatic heterocycles. The highest BCUT2D eigenvalue weighted by atomic mass is 16.6. The van der Waals surface area contributed by atoms with Crippen molar-refractivity contribution in [2.45, 2.75) is 90.1 Å². The minimum atomic E-state index is -0.729. The van der Waals surface area contributed by atoms with Gasteiger partial charge in [-0.3, -0.25) is 0 Å². The molecule has 0 amide bonds. The van der Waals surface area contributed by atoms with E-state index >= 15 is 0 Å². The molecule has 0 bridgehead atoms. The monoisotopic (exact) mass is 513 g/mol. The number of fused-ring (bicyclic) bond motifs is 1. The maximum atomic E-state index is 13.4. The predicted octanol–water partition coefficient (Wildman–Crippen LogP) is 5.41. The number of carbonyl (C=O) groups is 1. The van der Waals surface area contributed by atoms with Gasteiger partial charge in [-0.1, -0.05) is 37.1 Å². The number of hydrogen-bond acceptors (Lipinski definition) is 7. The van der Waals surface area contributed by atoms with Crippen molar-refractivity contribution < 1.29 is 14.6 Å². The van der Waals surface area contributed by atoms with Crippen LogP contribution in [-0.2, 0) is 27.8 Å². The van der Waals surface area contributed by atoms with Gasteiger partial charge in [0.15, 0.2) is 5.82 Å². The Morgan fingerprint density at radius 1 is 1.18 bits per heavy atom. The average molecular weight is 514 g/mol. The molecular formula is C30H35N5O3. The molecule has 2 aliphatic rings. The van der Waals surface area contributed by atoms with Crippen molar-refractivity contribution in [2.75, 3.05) is 0 Å². The van der Waals surface area contributed by atoms with Gasteiger partial charge in [-0.25, -0.2) is 14.3 Å². The molecule has 0 unspecified atom stereocenters. The molecule has 1 N–H and O–H groups in total. The minimum Gasteiger partial charge on any atom is -0.512 e. The van der Waals surface area contributed by atoms with E-state index in [4.69, 9.17) is 4.74 Å². The van der Waals surface area contributed by atoms with E-state index in [0.29, 0.717) is 24.4 Å². The molecule has 5 rings (SSSR count). The third-order valence-corrected chi connectivity index (χ3v) is 8.25. The summed E-state index contributed by atoms with van der Waals surface area (Å²) < 4.78 is 7.92. The quantitative estimate of drug-likeness (QED) is 0.421. The van der Waals surface area contributed by atoms with E-state index in [0.717, 1.165) is 54.6 Å². The molecule has 2 aromatic heterocycles. The summed E-state index contributed by atoms with van der Waals surface area (Å²) >= 11 is 0. The van der Waals surface area contributed by atoms with E-state index in [2.05, 4.69) is 33.3 Å². The number of carbonyl (C=O) groups excluding carboxylic acids is 1. The number of aliphatic hydroxyl groups excluding tert-OH is 1. The summed E-state index contributed by atoms with van der Waals surface area (Å²) in [5.41, 5.74) is 2.80. The van der Waals surface area contributed by atoms with Gasteiger partial charge in [0.05, 0.1) is 17.1 Å². The number of aromatic nitrogens is 4. The number of nitrogens with zero attached hydrogens (tertiary/aromatic N) is 5. The molecule has 1 fully saturated rings. The number of ether oxygens (including phenoxy) is 1. The van der Waals surface area contributed by atoms with Crippen LogP contribution in [0.3, 0.4) is 0 Å². The number of aryl methyl sites for hydroxylation is 3. The Kier molecular flexibility index (Phi) is 6.72. The zero-order valence-corrected chi connectivity index (χ0v) is 22.6. The second kappa shape index (κ2) is 9.86. The number of benzene rings is 1. The van der Waals surface area contributed by atoms with E-state index in [1.54, 1.807) is 4.52 Å².